The molecule has 1 heterocycles. The van der Waals surface area contributed by atoms with Crippen LogP contribution in [0.3, 0.4) is 0 Å². The second-order valence-electron chi connectivity index (χ2n) is 9.74. The molecule has 0 radical (unpaired) electrons. The maximum absolute atomic E-state index is 13.4. The minimum Gasteiger partial charge on any atom is -0.493 e. The molecule has 0 saturated heterocycles. The second kappa shape index (κ2) is 13.4. The number of rotatable bonds is 13. The van der Waals surface area contributed by atoms with E-state index >= 15 is 0 Å². The number of hydrogen-bond acceptors (Lipinski definition) is 5. The molecule has 0 N–H and O–H groups in total. The summed E-state index contributed by atoms with van der Waals surface area (Å²) in [5.74, 6) is 1.38. The molecule has 0 aliphatic heterocycles. The standard InChI is InChI=1S/C27H40N2O4S/c1-7-8-14-28(25(30)18-27(2,3)4)20-26(31)29(19-22-10-9-16-34-22)15-13-21-11-12-23(32-5)24(17-21)33-6/h9-12,16-17H,7-8,13-15,18-20H2,1-6H3. The molecule has 34 heavy (non-hydrogen) atoms. The maximum Gasteiger partial charge on any atom is 0.242 e. The molecule has 2 rings (SSSR count). The fraction of sp³-hybridized carbons (Fsp3) is 0.556. The molecule has 0 saturated carbocycles. The lowest BCUT2D eigenvalue weighted by atomic mass is 9.91. The predicted molar refractivity (Wildman–Crippen MR) is 139 cm³/mol. The van der Waals surface area contributed by atoms with Gasteiger partial charge in [-0.3, -0.25) is 9.59 Å². The van der Waals surface area contributed by atoms with Crippen molar-refractivity contribution in [3.8, 4) is 11.5 Å². The number of benzene rings is 1. The Kier molecular flexibility index (Phi) is 10.9. The largest absolute Gasteiger partial charge is 0.493 e. The Balaban J connectivity index is 2.16. The summed E-state index contributed by atoms with van der Waals surface area (Å²) in [5, 5.41) is 2.02. The van der Waals surface area contributed by atoms with Crippen LogP contribution in [-0.2, 0) is 22.6 Å². The zero-order valence-electron chi connectivity index (χ0n) is 21.6. The summed E-state index contributed by atoms with van der Waals surface area (Å²) in [7, 11) is 3.23. The molecule has 7 heteroatoms. The Hall–Kier alpha value is -2.54. The average Bonchev–Trinajstić information content (AvgIpc) is 3.30. The van der Waals surface area contributed by atoms with E-state index in [-0.39, 0.29) is 23.8 Å². The quantitative estimate of drug-likeness (QED) is 0.379. The first-order valence-electron chi connectivity index (χ1n) is 12.0. The Morgan fingerprint density at radius 1 is 0.971 bits per heavy atom. The van der Waals surface area contributed by atoms with Crippen LogP contribution in [0, 0.1) is 5.41 Å². The number of ether oxygens (including phenoxy) is 2. The summed E-state index contributed by atoms with van der Waals surface area (Å²) >= 11 is 1.64. The van der Waals surface area contributed by atoms with Crippen molar-refractivity contribution in [2.75, 3.05) is 33.9 Å². The van der Waals surface area contributed by atoms with E-state index in [1.165, 1.54) is 0 Å². The number of carbonyl (C=O) groups excluding carboxylic acids is 2. The van der Waals surface area contributed by atoms with Gasteiger partial charge in [-0.15, -0.1) is 11.3 Å². The van der Waals surface area contributed by atoms with Gasteiger partial charge in [0.25, 0.3) is 0 Å². The molecule has 0 atom stereocenters. The van der Waals surface area contributed by atoms with Crippen LogP contribution in [0.25, 0.3) is 0 Å². The van der Waals surface area contributed by atoms with Crippen molar-refractivity contribution >= 4 is 23.2 Å². The molecule has 0 aliphatic carbocycles. The molecular formula is C27H40N2O4S. The maximum atomic E-state index is 13.4. The first kappa shape index (κ1) is 27.7. The molecule has 6 nitrogen and oxygen atoms in total. The van der Waals surface area contributed by atoms with Crippen molar-refractivity contribution in [1.29, 1.82) is 0 Å². The lowest BCUT2D eigenvalue weighted by molar-refractivity contribution is -0.142. The van der Waals surface area contributed by atoms with Crippen LogP contribution in [0.1, 0.15) is 57.4 Å². The van der Waals surface area contributed by atoms with Gasteiger partial charge in [0.15, 0.2) is 11.5 Å². The highest BCUT2D eigenvalue weighted by molar-refractivity contribution is 7.09. The molecule has 2 aromatic rings. The van der Waals surface area contributed by atoms with Crippen LogP contribution in [0.4, 0.5) is 0 Å². The highest BCUT2D eigenvalue weighted by atomic mass is 32.1. The van der Waals surface area contributed by atoms with Gasteiger partial charge in [-0.1, -0.05) is 46.2 Å². The van der Waals surface area contributed by atoms with Gasteiger partial charge >= 0.3 is 0 Å². The monoisotopic (exact) mass is 488 g/mol. The fourth-order valence-electron chi connectivity index (χ4n) is 3.65. The number of nitrogens with zero attached hydrogens (tertiary/aromatic N) is 2. The van der Waals surface area contributed by atoms with Gasteiger partial charge < -0.3 is 19.3 Å². The smallest absolute Gasteiger partial charge is 0.242 e. The van der Waals surface area contributed by atoms with Crippen LogP contribution >= 0.6 is 11.3 Å². The van der Waals surface area contributed by atoms with Gasteiger partial charge in [0.1, 0.15) is 0 Å². The lowest BCUT2D eigenvalue weighted by Crippen LogP contribution is -2.44. The summed E-state index contributed by atoms with van der Waals surface area (Å²) in [5.41, 5.74) is 0.947. The van der Waals surface area contributed by atoms with Crippen molar-refractivity contribution in [3.05, 3.63) is 46.2 Å². The summed E-state index contributed by atoms with van der Waals surface area (Å²) in [6, 6.07) is 9.87. The molecule has 2 amide bonds. The van der Waals surface area contributed by atoms with Crippen LogP contribution in [0.2, 0.25) is 0 Å². The Labute approximate surface area is 208 Å². The van der Waals surface area contributed by atoms with Crippen molar-refractivity contribution in [2.45, 2.75) is 59.9 Å². The van der Waals surface area contributed by atoms with Gasteiger partial charge in [-0.05, 0) is 47.4 Å². The minimum atomic E-state index is -0.116. The first-order chi connectivity index (χ1) is 16.2. The second-order valence-corrected chi connectivity index (χ2v) is 10.8. The van der Waals surface area contributed by atoms with E-state index in [1.807, 2.05) is 40.6 Å². The summed E-state index contributed by atoms with van der Waals surface area (Å²) < 4.78 is 10.8. The van der Waals surface area contributed by atoms with Crippen LogP contribution in [-0.4, -0.2) is 55.5 Å². The molecule has 0 aliphatic rings. The first-order valence-corrected chi connectivity index (χ1v) is 12.8. The molecule has 1 aromatic carbocycles. The SMILES string of the molecule is CCCCN(CC(=O)N(CCc1ccc(OC)c(OC)c1)Cc1cccs1)C(=O)CC(C)(C)C. The van der Waals surface area contributed by atoms with Crippen LogP contribution in [0.5, 0.6) is 11.5 Å². The number of thiophene rings is 1. The normalized spacial score (nSPS) is 11.2. The van der Waals surface area contributed by atoms with E-state index in [0.29, 0.717) is 44.0 Å². The molecule has 0 bridgehead atoms. The summed E-state index contributed by atoms with van der Waals surface area (Å²) in [6.45, 7) is 10.1. The Morgan fingerprint density at radius 2 is 1.71 bits per heavy atom. The van der Waals surface area contributed by atoms with E-state index in [9.17, 15) is 9.59 Å². The van der Waals surface area contributed by atoms with Crippen molar-refractivity contribution in [3.63, 3.8) is 0 Å². The zero-order valence-corrected chi connectivity index (χ0v) is 22.4. The molecule has 1 aromatic heterocycles. The number of amides is 2. The van der Waals surface area contributed by atoms with E-state index in [4.69, 9.17) is 9.47 Å². The third-order valence-corrected chi connectivity index (χ3v) is 6.40. The van der Waals surface area contributed by atoms with Gasteiger partial charge in [-0.25, -0.2) is 0 Å². The third-order valence-electron chi connectivity index (χ3n) is 5.54. The topological polar surface area (TPSA) is 59.1 Å². The van der Waals surface area contributed by atoms with E-state index in [0.717, 1.165) is 23.3 Å². The molecule has 188 valence electrons. The Morgan fingerprint density at radius 3 is 2.29 bits per heavy atom. The van der Waals surface area contributed by atoms with Crippen molar-refractivity contribution in [1.82, 2.24) is 9.80 Å². The van der Waals surface area contributed by atoms with Crippen molar-refractivity contribution < 1.29 is 19.1 Å². The van der Waals surface area contributed by atoms with Gasteiger partial charge in [-0.2, -0.15) is 0 Å². The minimum absolute atomic E-state index is 0.0211. The third kappa shape index (κ3) is 9.01. The van der Waals surface area contributed by atoms with Crippen molar-refractivity contribution in [2.24, 2.45) is 5.41 Å². The van der Waals surface area contributed by atoms with Gasteiger partial charge in [0.05, 0.1) is 27.3 Å². The van der Waals surface area contributed by atoms with E-state index < -0.39 is 0 Å². The molecule has 0 spiro atoms. The Bertz CT molecular complexity index is 906. The average molecular weight is 489 g/mol. The fourth-order valence-corrected chi connectivity index (χ4v) is 4.37. The molecular weight excluding hydrogens is 448 g/mol. The van der Waals surface area contributed by atoms with Crippen LogP contribution < -0.4 is 9.47 Å². The predicted octanol–water partition coefficient (Wildman–Crippen LogP) is 5.40. The van der Waals surface area contributed by atoms with Crippen LogP contribution in [0.15, 0.2) is 35.7 Å². The van der Waals surface area contributed by atoms with E-state index in [1.54, 1.807) is 30.5 Å². The summed E-state index contributed by atoms with van der Waals surface area (Å²) in [4.78, 5) is 31.2. The highest BCUT2D eigenvalue weighted by Crippen LogP contribution is 2.28. The lowest BCUT2D eigenvalue weighted by Gasteiger charge is -2.29. The van der Waals surface area contributed by atoms with Gasteiger partial charge in [0, 0.05) is 24.4 Å². The number of unbranched alkanes of at least 4 members (excludes halogenated alkanes) is 1. The van der Waals surface area contributed by atoms with Gasteiger partial charge in [0.2, 0.25) is 11.8 Å². The molecule has 0 unspecified atom stereocenters. The summed E-state index contributed by atoms with van der Waals surface area (Å²) in [6.07, 6.45) is 2.98. The zero-order chi connectivity index (χ0) is 25.1. The number of carbonyl (C=O) groups is 2. The van der Waals surface area contributed by atoms with E-state index in [2.05, 4.69) is 27.7 Å². The number of methoxy groups -OCH3 is 2. The molecule has 0 fully saturated rings. The highest BCUT2D eigenvalue weighted by Gasteiger charge is 2.25. The number of hydrogen-bond donors (Lipinski definition) is 0.